The molecule has 1 aliphatic rings. The first-order chi connectivity index (χ1) is 7.19. The molecule has 3 heteroatoms. The van der Waals surface area contributed by atoms with Crippen LogP contribution in [0.2, 0.25) is 0 Å². The summed E-state index contributed by atoms with van der Waals surface area (Å²) in [5.41, 5.74) is 2.31. The van der Waals surface area contributed by atoms with E-state index < -0.39 is 0 Å². The fourth-order valence-corrected chi connectivity index (χ4v) is 2.82. The van der Waals surface area contributed by atoms with Crippen LogP contribution in [0.25, 0.3) is 0 Å². The minimum atomic E-state index is 0.0417. The summed E-state index contributed by atoms with van der Waals surface area (Å²) in [4.78, 5) is 0. The summed E-state index contributed by atoms with van der Waals surface area (Å²) in [6.45, 7) is 2.17. The third-order valence-corrected chi connectivity index (χ3v) is 3.41. The van der Waals surface area contributed by atoms with Crippen LogP contribution < -0.4 is 9.47 Å². The van der Waals surface area contributed by atoms with Crippen molar-refractivity contribution in [2.24, 2.45) is 0 Å². The van der Waals surface area contributed by atoms with Gasteiger partial charge in [-0.2, -0.15) is 0 Å². The van der Waals surface area contributed by atoms with Gasteiger partial charge < -0.3 is 9.47 Å². The summed E-state index contributed by atoms with van der Waals surface area (Å²) in [6.07, 6.45) is 0.952. The number of methoxy groups -OCH3 is 2. The molecule has 0 fully saturated rings. The average Bonchev–Trinajstić information content (AvgIpc) is 2.54. The first-order valence-corrected chi connectivity index (χ1v) is 5.51. The molecule has 2 atom stereocenters. The van der Waals surface area contributed by atoms with Gasteiger partial charge in [0.2, 0.25) is 0 Å². The zero-order valence-corrected chi connectivity index (χ0v) is 9.97. The minimum Gasteiger partial charge on any atom is -0.496 e. The number of halogens is 1. The molecule has 0 saturated heterocycles. The van der Waals surface area contributed by atoms with Gasteiger partial charge in [-0.1, -0.05) is 6.92 Å². The van der Waals surface area contributed by atoms with E-state index in [1.807, 2.05) is 12.1 Å². The molecule has 0 heterocycles. The van der Waals surface area contributed by atoms with Crippen LogP contribution in [0.15, 0.2) is 12.1 Å². The van der Waals surface area contributed by atoms with E-state index in [1.54, 1.807) is 14.2 Å². The van der Waals surface area contributed by atoms with Gasteiger partial charge in [0.15, 0.2) is 0 Å². The number of rotatable bonds is 2. The number of ether oxygens (including phenoxy) is 2. The smallest absolute Gasteiger partial charge is 0.124 e. The van der Waals surface area contributed by atoms with Crippen molar-refractivity contribution in [2.45, 2.75) is 24.6 Å². The molecule has 1 aliphatic carbocycles. The molecule has 1 aromatic rings. The van der Waals surface area contributed by atoms with E-state index in [1.165, 1.54) is 5.56 Å². The molecule has 0 radical (unpaired) electrons. The van der Waals surface area contributed by atoms with Crippen molar-refractivity contribution in [1.29, 1.82) is 0 Å². The second-order valence-corrected chi connectivity index (χ2v) is 4.43. The normalized spacial score (nSPS) is 23.7. The third kappa shape index (κ3) is 1.57. The van der Waals surface area contributed by atoms with Crippen LogP contribution in [-0.2, 0) is 0 Å². The number of fused-ring (bicyclic) bond motifs is 1. The Kier molecular flexibility index (Phi) is 2.79. The van der Waals surface area contributed by atoms with Gasteiger partial charge in [0.05, 0.1) is 19.6 Å². The summed E-state index contributed by atoms with van der Waals surface area (Å²) in [6, 6.07) is 3.87. The summed E-state index contributed by atoms with van der Waals surface area (Å²) in [5.74, 6) is 2.23. The van der Waals surface area contributed by atoms with Gasteiger partial charge in [-0.15, -0.1) is 11.6 Å². The summed E-state index contributed by atoms with van der Waals surface area (Å²) in [5, 5.41) is 0.0417. The highest BCUT2D eigenvalue weighted by atomic mass is 35.5. The highest BCUT2D eigenvalue weighted by Crippen LogP contribution is 2.51. The predicted molar refractivity (Wildman–Crippen MR) is 61.2 cm³/mol. The van der Waals surface area contributed by atoms with Crippen molar-refractivity contribution in [3.8, 4) is 11.5 Å². The molecule has 0 saturated carbocycles. The van der Waals surface area contributed by atoms with Gasteiger partial charge in [0, 0.05) is 11.1 Å². The van der Waals surface area contributed by atoms with Crippen LogP contribution in [0.4, 0.5) is 0 Å². The first kappa shape index (κ1) is 10.6. The lowest BCUT2D eigenvalue weighted by molar-refractivity contribution is 0.396. The van der Waals surface area contributed by atoms with Crippen molar-refractivity contribution in [3.05, 3.63) is 23.3 Å². The molecule has 2 nitrogen and oxygen atoms in total. The molecule has 0 aliphatic heterocycles. The molecular weight excluding hydrogens is 212 g/mol. The lowest BCUT2D eigenvalue weighted by Gasteiger charge is -2.14. The van der Waals surface area contributed by atoms with Crippen molar-refractivity contribution in [3.63, 3.8) is 0 Å². The van der Waals surface area contributed by atoms with Gasteiger partial charge in [-0.05, 0) is 24.5 Å². The Hall–Kier alpha value is -0.890. The van der Waals surface area contributed by atoms with Crippen molar-refractivity contribution in [1.82, 2.24) is 0 Å². The van der Waals surface area contributed by atoms with Crippen LogP contribution in [0.5, 0.6) is 11.5 Å². The van der Waals surface area contributed by atoms with E-state index in [-0.39, 0.29) is 5.38 Å². The molecule has 0 amide bonds. The van der Waals surface area contributed by atoms with Gasteiger partial charge in [-0.3, -0.25) is 0 Å². The van der Waals surface area contributed by atoms with Crippen molar-refractivity contribution >= 4 is 11.6 Å². The van der Waals surface area contributed by atoms with E-state index >= 15 is 0 Å². The molecule has 0 N–H and O–H groups in total. The second kappa shape index (κ2) is 3.93. The number of hydrogen-bond donors (Lipinski definition) is 0. The Morgan fingerprint density at radius 1 is 1.13 bits per heavy atom. The van der Waals surface area contributed by atoms with Crippen LogP contribution in [0.1, 0.15) is 35.8 Å². The van der Waals surface area contributed by atoms with Crippen LogP contribution in [-0.4, -0.2) is 14.2 Å². The monoisotopic (exact) mass is 226 g/mol. The largest absolute Gasteiger partial charge is 0.496 e. The van der Waals surface area contributed by atoms with E-state index in [4.69, 9.17) is 21.1 Å². The predicted octanol–water partition coefficient (Wildman–Crippen LogP) is 3.49. The highest BCUT2D eigenvalue weighted by molar-refractivity contribution is 6.21. The molecule has 0 spiro atoms. The molecule has 0 bridgehead atoms. The van der Waals surface area contributed by atoms with E-state index in [9.17, 15) is 0 Å². The molecule has 82 valence electrons. The summed E-state index contributed by atoms with van der Waals surface area (Å²) in [7, 11) is 3.37. The van der Waals surface area contributed by atoms with Crippen LogP contribution in [0.3, 0.4) is 0 Å². The third-order valence-electron chi connectivity index (χ3n) is 3.01. The van der Waals surface area contributed by atoms with E-state index in [2.05, 4.69) is 6.92 Å². The second-order valence-electron chi connectivity index (χ2n) is 3.90. The van der Waals surface area contributed by atoms with Gasteiger partial charge >= 0.3 is 0 Å². The molecular formula is C12H15ClO2. The van der Waals surface area contributed by atoms with Crippen molar-refractivity contribution in [2.75, 3.05) is 14.2 Å². The fourth-order valence-electron chi connectivity index (χ4n) is 2.33. The maximum atomic E-state index is 6.31. The number of hydrogen-bond acceptors (Lipinski definition) is 2. The van der Waals surface area contributed by atoms with Gasteiger partial charge in [-0.25, -0.2) is 0 Å². The Morgan fingerprint density at radius 2 is 1.67 bits per heavy atom. The zero-order valence-electron chi connectivity index (χ0n) is 9.21. The molecule has 2 unspecified atom stereocenters. The Morgan fingerprint density at radius 3 is 2.20 bits per heavy atom. The Bertz CT molecular complexity index is 341. The van der Waals surface area contributed by atoms with Gasteiger partial charge in [0.1, 0.15) is 11.5 Å². The molecule has 0 aromatic heterocycles. The molecule has 15 heavy (non-hydrogen) atoms. The highest BCUT2D eigenvalue weighted by Gasteiger charge is 2.32. The van der Waals surface area contributed by atoms with Crippen LogP contribution >= 0.6 is 11.6 Å². The summed E-state index contributed by atoms with van der Waals surface area (Å²) < 4.78 is 10.7. The number of alkyl halides is 1. The first-order valence-electron chi connectivity index (χ1n) is 5.07. The zero-order chi connectivity index (χ0) is 11.0. The van der Waals surface area contributed by atoms with Crippen LogP contribution in [0, 0.1) is 0 Å². The lowest BCUT2D eigenvalue weighted by Crippen LogP contribution is -1.97. The maximum absolute atomic E-state index is 6.31. The minimum absolute atomic E-state index is 0.0417. The number of benzene rings is 1. The topological polar surface area (TPSA) is 18.5 Å². The Balaban J connectivity index is 2.62. The average molecular weight is 227 g/mol. The lowest BCUT2D eigenvalue weighted by atomic mass is 10.0. The van der Waals surface area contributed by atoms with E-state index in [0.717, 1.165) is 23.5 Å². The standard InChI is InChI=1S/C12H15ClO2/c1-7-6-8(13)12-10(15-3)5-4-9(14-2)11(7)12/h4-5,7-8H,6H2,1-3H3. The molecule has 2 rings (SSSR count). The van der Waals surface area contributed by atoms with Gasteiger partial charge in [0.25, 0.3) is 0 Å². The Labute approximate surface area is 95.1 Å². The SMILES string of the molecule is COc1ccc(OC)c2c1C(C)CC2Cl. The van der Waals surface area contributed by atoms with Crippen molar-refractivity contribution < 1.29 is 9.47 Å². The van der Waals surface area contributed by atoms with E-state index in [0.29, 0.717) is 5.92 Å². The molecule has 1 aromatic carbocycles. The quantitative estimate of drug-likeness (QED) is 0.719. The fraction of sp³-hybridized carbons (Fsp3) is 0.500. The maximum Gasteiger partial charge on any atom is 0.124 e. The summed E-state index contributed by atoms with van der Waals surface area (Å²) >= 11 is 6.31.